The molecule has 0 spiro atoms. The highest BCUT2D eigenvalue weighted by Crippen LogP contribution is 1.85. The first-order valence-electron chi connectivity index (χ1n) is 4.93. The van der Waals surface area contributed by atoms with Crippen LogP contribution in [0.3, 0.4) is 0 Å². The second kappa shape index (κ2) is 13.2. The molecule has 0 heterocycles. The van der Waals surface area contributed by atoms with E-state index in [-0.39, 0.29) is 29.3 Å². The number of hydrogen-bond acceptors (Lipinski definition) is 4. The zero-order valence-electron chi connectivity index (χ0n) is 11.8. The average molecular weight is 298 g/mol. The highest BCUT2D eigenvalue weighted by molar-refractivity contribution is 5.93. The Labute approximate surface area is 116 Å². The number of amides is 2. The van der Waals surface area contributed by atoms with Crippen LogP contribution >= 0.6 is 0 Å². The molecule has 0 unspecified atom stereocenters. The fourth-order valence-corrected chi connectivity index (χ4v) is 0.602. The molecule has 0 bridgehead atoms. The molecule has 0 aromatic carbocycles. The van der Waals surface area contributed by atoms with Crippen LogP contribution in [0.2, 0.25) is 0 Å². The van der Waals surface area contributed by atoms with Gasteiger partial charge in [0.25, 0.3) is 0 Å². The van der Waals surface area contributed by atoms with Crippen LogP contribution in [0.4, 0.5) is 0 Å². The van der Waals surface area contributed by atoms with Crippen molar-refractivity contribution < 1.29 is 40.3 Å². The number of carboxylic acids is 2. The first-order valence-corrected chi connectivity index (χ1v) is 4.93. The number of hydrogen-bond donors (Lipinski definition) is 2. The fourth-order valence-electron chi connectivity index (χ4n) is 0.602. The molecule has 0 aromatic rings. The van der Waals surface area contributed by atoms with Crippen LogP contribution in [0.15, 0.2) is 0 Å². The van der Waals surface area contributed by atoms with Crippen LogP contribution in [-0.2, 0) is 19.2 Å². The van der Waals surface area contributed by atoms with Crippen molar-refractivity contribution in [1.29, 1.82) is 0 Å². The standard InChI is InChI=1S/2C5H9NO3.2H2O/c1-6(2)4(7)3-5(8)9;1-4(7)6(2)3-5(8)9;;/h2*3H2,1-2H3,(H,8,9);2*1H2. The summed E-state index contributed by atoms with van der Waals surface area (Å²) in [7, 11) is 4.48. The minimum atomic E-state index is -1.09. The van der Waals surface area contributed by atoms with Crippen molar-refractivity contribution in [3.8, 4) is 0 Å². The highest BCUT2D eigenvalue weighted by atomic mass is 16.4. The molecule has 0 aromatic heterocycles. The van der Waals surface area contributed by atoms with Gasteiger partial charge in [-0.1, -0.05) is 0 Å². The van der Waals surface area contributed by atoms with Gasteiger partial charge in [0.15, 0.2) is 0 Å². The molecule has 10 heteroatoms. The molecule has 0 aliphatic heterocycles. The second-order valence-corrected chi connectivity index (χ2v) is 3.63. The van der Waals surface area contributed by atoms with E-state index in [4.69, 9.17) is 10.2 Å². The number of carbonyl (C=O) groups excluding carboxylic acids is 2. The lowest BCUT2D eigenvalue weighted by Crippen LogP contribution is -2.29. The molecule has 0 aliphatic carbocycles. The van der Waals surface area contributed by atoms with Crippen LogP contribution in [-0.4, -0.2) is 82.4 Å². The zero-order valence-corrected chi connectivity index (χ0v) is 11.8. The Morgan fingerprint density at radius 3 is 1.40 bits per heavy atom. The summed E-state index contributed by atoms with van der Waals surface area (Å²) in [4.78, 5) is 43.0. The lowest BCUT2D eigenvalue weighted by molar-refractivity contribution is -0.143. The second-order valence-electron chi connectivity index (χ2n) is 3.63. The Kier molecular flexibility index (Phi) is 17.5. The van der Waals surface area contributed by atoms with E-state index in [0.29, 0.717) is 0 Å². The van der Waals surface area contributed by atoms with Gasteiger partial charge >= 0.3 is 11.9 Å². The molecule has 6 N–H and O–H groups in total. The Morgan fingerprint density at radius 1 is 0.900 bits per heavy atom. The van der Waals surface area contributed by atoms with E-state index in [0.717, 1.165) is 4.90 Å². The fraction of sp³-hybridized carbons (Fsp3) is 0.600. The van der Waals surface area contributed by atoms with Crippen molar-refractivity contribution in [2.45, 2.75) is 13.3 Å². The summed E-state index contributed by atoms with van der Waals surface area (Å²) in [6, 6.07) is 0. The van der Waals surface area contributed by atoms with Gasteiger partial charge in [0.2, 0.25) is 11.8 Å². The summed E-state index contributed by atoms with van der Waals surface area (Å²) in [5, 5.41) is 16.2. The Morgan fingerprint density at radius 2 is 1.30 bits per heavy atom. The third-order valence-electron chi connectivity index (χ3n) is 1.71. The van der Waals surface area contributed by atoms with Gasteiger partial charge in [-0.15, -0.1) is 0 Å². The summed E-state index contributed by atoms with van der Waals surface area (Å²) < 4.78 is 0. The van der Waals surface area contributed by atoms with Crippen LogP contribution in [0, 0.1) is 0 Å². The van der Waals surface area contributed by atoms with Gasteiger partial charge in [0.1, 0.15) is 13.0 Å². The molecule has 20 heavy (non-hydrogen) atoms. The molecule has 0 saturated carbocycles. The average Bonchev–Trinajstić information content (AvgIpc) is 2.16. The summed E-state index contributed by atoms with van der Waals surface area (Å²) in [5.41, 5.74) is 0. The van der Waals surface area contributed by atoms with Gasteiger partial charge < -0.3 is 31.0 Å². The molecule has 2 amide bonds. The van der Waals surface area contributed by atoms with E-state index >= 15 is 0 Å². The minimum absolute atomic E-state index is 0. The monoisotopic (exact) mass is 298 g/mol. The summed E-state index contributed by atoms with van der Waals surface area (Å²) in [5.74, 6) is -2.71. The number of aliphatic carboxylic acids is 2. The molecule has 120 valence electrons. The predicted molar refractivity (Wildman–Crippen MR) is 69.1 cm³/mol. The maximum atomic E-state index is 10.5. The molecule has 0 fully saturated rings. The van der Waals surface area contributed by atoms with E-state index in [9.17, 15) is 19.2 Å². The summed E-state index contributed by atoms with van der Waals surface area (Å²) in [6.07, 6.45) is -0.424. The summed E-state index contributed by atoms with van der Waals surface area (Å²) in [6.45, 7) is 1.10. The number of rotatable bonds is 4. The van der Waals surface area contributed by atoms with Crippen molar-refractivity contribution in [1.82, 2.24) is 9.80 Å². The van der Waals surface area contributed by atoms with Crippen LogP contribution < -0.4 is 0 Å². The molecule has 0 rings (SSSR count). The van der Waals surface area contributed by atoms with Crippen molar-refractivity contribution in [2.75, 3.05) is 27.7 Å². The first kappa shape index (κ1) is 26.4. The number of carboxylic acid groups (broad SMARTS) is 2. The van der Waals surface area contributed by atoms with E-state index in [1.807, 2.05) is 0 Å². The molecule has 0 aliphatic rings. The third kappa shape index (κ3) is 18.2. The SMILES string of the molecule is CC(=O)N(C)CC(=O)O.CN(C)C(=O)CC(=O)O.O.O. The Bertz CT molecular complexity index is 329. The number of likely N-dealkylation sites (N-methyl/N-ethyl adjacent to an activating group) is 1. The first-order chi connectivity index (χ1) is 8.07. The van der Waals surface area contributed by atoms with Gasteiger partial charge in [0, 0.05) is 28.1 Å². The largest absolute Gasteiger partial charge is 0.481 e. The maximum absolute atomic E-state index is 10.5. The molecular formula is C10H22N2O8. The van der Waals surface area contributed by atoms with Crippen LogP contribution in [0.25, 0.3) is 0 Å². The third-order valence-corrected chi connectivity index (χ3v) is 1.71. The van der Waals surface area contributed by atoms with Gasteiger partial charge in [0.05, 0.1) is 0 Å². The molecule has 0 atom stereocenters. The van der Waals surface area contributed by atoms with E-state index in [1.54, 1.807) is 0 Å². The highest BCUT2D eigenvalue weighted by Gasteiger charge is 2.07. The number of nitrogens with zero attached hydrogens (tertiary/aromatic N) is 2. The molecule has 0 radical (unpaired) electrons. The Balaban J connectivity index is -0.000000116. The van der Waals surface area contributed by atoms with E-state index in [1.165, 1.54) is 33.0 Å². The normalized spacial score (nSPS) is 7.80. The van der Waals surface area contributed by atoms with E-state index in [2.05, 4.69) is 0 Å². The lowest BCUT2D eigenvalue weighted by atomic mass is 10.4. The maximum Gasteiger partial charge on any atom is 0.323 e. The van der Waals surface area contributed by atoms with Gasteiger partial charge in [-0.25, -0.2) is 0 Å². The van der Waals surface area contributed by atoms with Crippen molar-refractivity contribution >= 4 is 23.8 Å². The number of carbonyl (C=O) groups is 4. The predicted octanol–water partition coefficient (Wildman–Crippen LogP) is -2.55. The van der Waals surface area contributed by atoms with Gasteiger partial charge in [-0.2, -0.15) is 0 Å². The van der Waals surface area contributed by atoms with Crippen molar-refractivity contribution in [3.63, 3.8) is 0 Å². The van der Waals surface area contributed by atoms with Crippen molar-refractivity contribution in [3.05, 3.63) is 0 Å². The van der Waals surface area contributed by atoms with Crippen LogP contribution in [0.5, 0.6) is 0 Å². The smallest absolute Gasteiger partial charge is 0.323 e. The lowest BCUT2D eigenvalue weighted by Gasteiger charge is -2.09. The zero-order chi connectivity index (χ0) is 14.9. The van der Waals surface area contributed by atoms with E-state index < -0.39 is 18.4 Å². The summed E-state index contributed by atoms with van der Waals surface area (Å²) >= 11 is 0. The molecule has 10 nitrogen and oxygen atoms in total. The van der Waals surface area contributed by atoms with Gasteiger partial charge in [-0.3, -0.25) is 19.2 Å². The van der Waals surface area contributed by atoms with Crippen LogP contribution in [0.1, 0.15) is 13.3 Å². The van der Waals surface area contributed by atoms with Crippen molar-refractivity contribution in [2.24, 2.45) is 0 Å². The molecule has 0 saturated heterocycles. The Hall–Kier alpha value is -2.20. The molecular weight excluding hydrogens is 276 g/mol. The topological polar surface area (TPSA) is 178 Å². The quantitative estimate of drug-likeness (QED) is 0.539. The minimum Gasteiger partial charge on any atom is -0.481 e. The van der Waals surface area contributed by atoms with Gasteiger partial charge in [-0.05, 0) is 0 Å².